The summed E-state index contributed by atoms with van der Waals surface area (Å²) < 4.78 is 15.4. The molecule has 0 N–H and O–H groups in total. The van der Waals surface area contributed by atoms with Gasteiger partial charge in [-0.15, -0.1) is 11.3 Å². The number of thiophene rings is 1. The van der Waals surface area contributed by atoms with Crippen molar-refractivity contribution in [2.24, 2.45) is 0 Å². The Labute approximate surface area is 205 Å². The Balaban J connectivity index is 1.56. The second kappa shape index (κ2) is 7.81. The Hall–Kier alpha value is -2.92. The lowest BCUT2D eigenvalue weighted by atomic mass is 9.77. The molecule has 4 heteroatoms. The summed E-state index contributed by atoms with van der Waals surface area (Å²) >= 11 is 1.82. The molecule has 0 saturated carbocycles. The van der Waals surface area contributed by atoms with Crippen LogP contribution in [0.4, 0.5) is 0 Å². The predicted molar refractivity (Wildman–Crippen MR) is 146 cm³/mol. The standard InChI is InChI=1S/C30H27BO2S/c1-29(2)30(3,4)33-31(32-29)25-18-17-23(27-24-15-8-9-16-26(24)34-28(25)27)22-14-10-13-21(19-22)20-11-6-5-7-12-20/h5-19H,1-4H3. The van der Waals surface area contributed by atoms with Crippen molar-refractivity contribution < 1.29 is 9.31 Å². The first kappa shape index (κ1) is 21.6. The van der Waals surface area contributed by atoms with Crippen LogP contribution in [0, 0.1) is 0 Å². The number of hydrogen-bond acceptors (Lipinski definition) is 3. The fourth-order valence-electron chi connectivity index (χ4n) is 4.74. The first-order valence-corrected chi connectivity index (χ1v) is 12.6. The van der Waals surface area contributed by atoms with E-state index in [0.717, 1.165) is 5.46 Å². The monoisotopic (exact) mass is 462 g/mol. The highest BCUT2D eigenvalue weighted by atomic mass is 32.1. The zero-order chi connectivity index (χ0) is 23.5. The van der Waals surface area contributed by atoms with Crippen molar-refractivity contribution in [2.75, 3.05) is 0 Å². The van der Waals surface area contributed by atoms with E-state index in [9.17, 15) is 0 Å². The average molecular weight is 462 g/mol. The summed E-state index contributed by atoms with van der Waals surface area (Å²) in [5, 5.41) is 2.55. The molecule has 4 aromatic carbocycles. The molecule has 0 aliphatic carbocycles. The van der Waals surface area contributed by atoms with E-state index in [0.29, 0.717) is 0 Å². The van der Waals surface area contributed by atoms with Crippen molar-refractivity contribution in [3.05, 3.63) is 91.0 Å². The van der Waals surface area contributed by atoms with Crippen molar-refractivity contribution in [2.45, 2.75) is 38.9 Å². The maximum Gasteiger partial charge on any atom is 0.496 e. The van der Waals surface area contributed by atoms with Crippen LogP contribution in [0.3, 0.4) is 0 Å². The second-order valence-corrected chi connectivity index (χ2v) is 11.1. The summed E-state index contributed by atoms with van der Waals surface area (Å²) in [6, 6.07) is 32.5. The topological polar surface area (TPSA) is 18.5 Å². The lowest BCUT2D eigenvalue weighted by Crippen LogP contribution is -2.41. The third kappa shape index (κ3) is 3.40. The fourth-order valence-corrected chi connectivity index (χ4v) is 5.99. The van der Waals surface area contributed by atoms with Crippen molar-refractivity contribution in [3.8, 4) is 22.3 Å². The average Bonchev–Trinajstić information content (AvgIpc) is 3.33. The van der Waals surface area contributed by atoms with E-state index in [2.05, 4.69) is 119 Å². The van der Waals surface area contributed by atoms with Gasteiger partial charge < -0.3 is 9.31 Å². The smallest absolute Gasteiger partial charge is 0.399 e. The van der Waals surface area contributed by atoms with Gasteiger partial charge in [-0.3, -0.25) is 0 Å². The van der Waals surface area contributed by atoms with E-state index in [1.165, 1.54) is 42.4 Å². The van der Waals surface area contributed by atoms with Crippen molar-refractivity contribution in [1.29, 1.82) is 0 Å². The van der Waals surface area contributed by atoms with Crippen molar-refractivity contribution in [1.82, 2.24) is 0 Å². The van der Waals surface area contributed by atoms with Crippen LogP contribution in [0.5, 0.6) is 0 Å². The zero-order valence-electron chi connectivity index (χ0n) is 20.0. The highest BCUT2D eigenvalue weighted by molar-refractivity contribution is 7.27. The molecule has 0 radical (unpaired) electrons. The molecule has 0 unspecified atom stereocenters. The predicted octanol–water partition coefficient (Wildman–Crippen LogP) is 7.69. The number of benzene rings is 4. The third-order valence-corrected chi connectivity index (χ3v) is 8.56. The molecule has 1 aliphatic rings. The molecule has 168 valence electrons. The summed E-state index contributed by atoms with van der Waals surface area (Å²) in [6.07, 6.45) is 0. The molecule has 1 aromatic heterocycles. The van der Waals surface area contributed by atoms with Crippen LogP contribution >= 0.6 is 11.3 Å². The van der Waals surface area contributed by atoms with Crippen molar-refractivity contribution in [3.63, 3.8) is 0 Å². The number of hydrogen-bond donors (Lipinski definition) is 0. The Morgan fingerprint density at radius 2 is 1.29 bits per heavy atom. The van der Waals surface area contributed by atoms with E-state index in [4.69, 9.17) is 9.31 Å². The summed E-state index contributed by atoms with van der Waals surface area (Å²) in [7, 11) is -0.384. The second-order valence-electron chi connectivity index (χ2n) is 10.0. The summed E-state index contributed by atoms with van der Waals surface area (Å²) in [5.74, 6) is 0. The van der Waals surface area contributed by atoms with Crippen LogP contribution in [0.2, 0.25) is 0 Å². The maximum atomic E-state index is 6.46. The molecule has 1 fully saturated rings. The van der Waals surface area contributed by atoms with Gasteiger partial charge in [-0.1, -0.05) is 78.9 Å². The Morgan fingerprint density at radius 1 is 0.647 bits per heavy atom. The molecule has 6 rings (SSSR count). The molecule has 1 saturated heterocycles. The Bertz CT molecular complexity index is 1500. The van der Waals surface area contributed by atoms with E-state index < -0.39 is 0 Å². The van der Waals surface area contributed by atoms with Crippen LogP contribution in [0.1, 0.15) is 27.7 Å². The van der Waals surface area contributed by atoms with Crippen LogP contribution in [0.15, 0.2) is 91.0 Å². The lowest BCUT2D eigenvalue weighted by Gasteiger charge is -2.32. The van der Waals surface area contributed by atoms with Crippen LogP contribution in [-0.4, -0.2) is 18.3 Å². The van der Waals surface area contributed by atoms with E-state index >= 15 is 0 Å². The largest absolute Gasteiger partial charge is 0.496 e. The molecule has 0 spiro atoms. The number of rotatable bonds is 3. The van der Waals surface area contributed by atoms with Gasteiger partial charge in [0.15, 0.2) is 0 Å². The molecular weight excluding hydrogens is 435 g/mol. The Morgan fingerprint density at radius 3 is 2.06 bits per heavy atom. The normalized spacial score (nSPS) is 17.0. The van der Waals surface area contributed by atoms with Gasteiger partial charge in [0.2, 0.25) is 0 Å². The zero-order valence-corrected chi connectivity index (χ0v) is 20.8. The molecule has 0 bridgehead atoms. The minimum Gasteiger partial charge on any atom is -0.399 e. The van der Waals surface area contributed by atoms with Gasteiger partial charge in [0, 0.05) is 25.6 Å². The quantitative estimate of drug-likeness (QED) is 0.256. The molecule has 0 atom stereocenters. The molecule has 2 nitrogen and oxygen atoms in total. The highest BCUT2D eigenvalue weighted by Crippen LogP contribution is 2.42. The number of fused-ring (bicyclic) bond motifs is 3. The maximum absolute atomic E-state index is 6.46. The molecule has 0 amide bonds. The van der Waals surface area contributed by atoms with Gasteiger partial charge in [-0.05, 0) is 62.1 Å². The Kier molecular flexibility index (Phi) is 4.96. The van der Waals surface area contributed by atoms with Crippen molar-refractivity contribution >= 4 is 44.1 Å². The third-order valence-electron chi connectivity index (χ3n) is 7.34. The van der Waals surface area contributed by atoms with Gasteiger partial charge in [-0.25, -0.2) is 0 Å². The van der Waals surface area contributed by atoms with Gasteiger partial charge >= 0.3 is 7.12 Å². The molecule has 34 heavy (non-hydrogen) atoms. The fraction of sp³-hybridized carbons (Fsp3) is 0.200. The molecule has 1 aliphatic heterocycles. The van der Waals surface area contributed by atoms with Gasteiger partial charge in [-0.2, -0.15) is 0 Å². The van der Waals surface area contributed by atoms with Gasteiger partial charge in [0.25, 0.3) is 0 Å². The summed E-state index contributed by atoms with van der Waals surface area (Å²) in [4.78, 5) is 0. The summed E-state index contributed by atoms with van der Waals surface area (Å²) in [6.45, 7) is 8.44. The van der Waals surface area contributed by atoms with Crippen LogP contribution in [-0.2, 0) is 9.31 Å². The van der Waals surface area contributed by atoms with E-state index in [-0.39, 0.29) is 18.3 Å². The highest BCUT2D eigenvalue weighted by Gasteiger charge is 2.52. The van der Waals surface area contributed by atoms with Gasteiger partial charge in [0.1, 0.15) is 0 Å². The first-order chi connectivity index (χ1) is 16.3. The van der Waals surface area contributed by atoms with E-state index in [1.54, 1.807) is 0 Å². The molecular formula is C30H27BO2S. The lowest BCUT2D eigenvalue weighted by molar-refractivity contribution is 0.00578. The van der Waals surface area contributed by atoms with Crippen LogP contribution < -0.4 is 5.46 Å². The molecule has 5 aromatic rings. The molecule has 2 heterocycles. The SMILES string of the molecule is CC1(C)OB(c2ccc(-c3cccc(-c4ccccc4)c3)c3c2sc2ccccc23)OC1(C)C. The van der Waals surface area contributed by atoms with Crippen LogP contribution in [0.25, 0.3) is 42.4 Å². The minimum absolute atomic E-state index is 0.372. The minimum atomic E-state index is -0.384. The van der Waals surface area contributed by atoms with E-state index in [1.807, 2.05) is 11.3 Å². The van der Waals surface area contributed by atoms with Gasteiger partial charge in [0.05, 0.1) is 11.2 Å². The summed E-state index contributed by atoms with van der Waals surface area (Å²) in [5.41, 5.74) is 5.27. The first-order valence-electron chi connectivity index (χ1n) is 11.8.